The first kappa shape index (κ1) is 13.3. The van der Waals surface area contributed by atoms with Crippen molar-refractivity contribution in [3.63, 3.8) is 0 Å². The van der Waals surface area contributed by atoms with E-state index in [1.54, 1.807) is 6.08 Å². The Labute approximate surface area is 112 Å². The molecule has 0 unspecified atom stereocenters. The zero-order chi connectivity index (χ0) is 13.5. The zero-order valence-electron chi connectivity index (χ0n) is 10.7. The minimum absolute atomic E-state index is 0.805. The summed E-state index contributed by atoms with van der Waals surface area (Å²) in [4.78, 5) is 14.9. The topological polar surface area (TPSA) is 50.2 Å². The van der Waals surface area contributed by atoms with Crippen LogP contribution in [-0.2, 0) is 11.2 Å². The second-order valence-corrected chi connectivity index (χ2v) is 4.48. The summed E-state index contributed by atoms with van der Waals surface area (Å²) < 4.78 is 0. The number of carboxylic acid groups (broad SMARTS) is 1. The molecule has 0 aliphatic carbocycles. The fourth-order valence-corrected chi connectivity index (χ4v) is 2.00. The third kappa shape index (κ3) is 4.21. The third-order valence-corrected chi connectivity index (χ3v) is 2.97. The average molecular weight is 255 g/mol. The molecule has 2 aromatic rings. The van der Waals surface area contributed by atoms with E-state index in [0.717, 1.165) is 42.3 Å². The lowest BCUT2D eigenvalue weighted by molar-refractivity contribution is -0.131. The third-order valence-electron chi connectivity index (χ3n) is 2.97. The number of nitrogens with zero attached hydrogens (tertiary/aromatic N) is 1. The molecular formula is C16H17NO2. The minimum Gasteiger partial charge on any atom is -0.478 e. The first-order chi connectivity index (χ1) is 9.25. The monoisotopic (exact) mass is 255 g/mol. The Morgan fingerprint density at radius 3 is 2.84 bits per heavy atom. The van der Waals surface area contributed by atoms with Crippen molar-refractivity contribution >= 4 is 16.9 Å². The number of carboxylic acids is 1. The van der Waals surface area contributed by atoms with Crippen LogP contribution in [0.1, 0.15) is 25.0 Å². The van der Waals surface area contributed by atoms with Gasteiger partial charge in [-0.05, 0) is 37.8 Å². The first-order valence-corrected chi connectivity index (χ1v) is 6.50. The Bertz CT molecular complexity index is 590. The van der Waals surface area contributed by atoms with Crippen molar-refractivity contribution in [2.45, 2.75) is 25.7 Å². The van der Waals surface area contributed by atoms with Crippen LogP contribution in [0.2, 0.25) is 0 Å². The van der Waals surface area contributed by atoms with Crippen LogP contribution in [0.25, 0.3) is 10.9 Å². The number of para-hydroxylation sites is 1. The van der Waals surface area contributed by atoms with E-state index in [1.807, 2.05) is 18.2 Å². The van der Waals surface area contributed by atoms with E-state index in [1.165, 1.54) is 6.08 Å². The van der Waals surface area contributed by atoms with Crippen LogP contribution in [0.4, 0.5) is 0 Å². The molecule has 0 saturated heterocycles. The largest absolute Gasteiger partial charge is 0.478 e. The Kier molecular flexibility index (Phi) is 4.67. The SMILES string of the molecule is O=C(O)C=CCCCCc1ccc2ccccc2n1. The highest BCUT2D eigenvalue weighted by molar-refractivity contribution is 5.79. The number of unbranched alkanes of at least 4 members (excludes halogenated alkanes) is 2. The molecular weight excluding hydrogens is 238 g/mol. The van der Waals surface area contributed by atoms with E-state index < -0.39 is 5.97 Å². The van der Waals surface area contributed by atoms with Gasteiger partial charge in [0.15, 0.2) is 0 Å². The standard InChI is InChI=1S/C16H17NO2/c18-16(19)10-4-2-1-3-8-14-12-11-13-7-5-6-9-15(13)17-14/h4-7,9-12H,1-3,8H2,(H,18,19). The molecule has 1 aromatic heterocycles. The maximum atomic E-state index is 10.3. The van der Waals surface area contributed by atoms with Gasteiger partial charge < -0.3 is 5.11 Å². The lowest BCUT2D eigenvalue weighted by atomic mass is 10.1. The van der Waals surface area contributed by atoms with E-state index >= 15 is 0 Å². The highest BCUT2D eigenvalue weighted by atomic mass is 16.4. The Balaban J connectivity index is 1.83. The number of aromatic nitrogens is 1. The highest BCUT2D eigenvalue weighted by Crippen LogP contribution is 2.13. The number of aliphatic carboxylic acids is 1. The number of carbonyl (C=O) groups is 1. The summed E-state index contributed by atoms with van der Waals surface area (Å²) in [5, 5.41) is 9.61. The summed E-state index contributed by atoms with van der Waals surface area (Å²) in [6.07, 6.45) is 6.66. The smallest absolute Gasteiger partial charge is 0.327 e. The number of pyridine rings is 1. The van der Waals surface area contributed by atoms with Gasteiger partial charge in [-0.15, -0.1) is 0 Å². The number of hydrogen-bond donors (Lipinski definition) is 1. The molecule has 0 spiro atoms. The number of rotatable bonds is 6. The van der Waals surface area contributed by atoms with Crippen LogP contribution >= 0.6 is 0 Å². The number of hydrogen-bond acceptors (Lipinski definition) is 2. The summed E-state index contributed by atoms with van der Waals surface area (Å²) in [6, 6.07) is 12.3. The summed E-state index contributed by atoms with van der Waals surface area (Å²) in [5.74, 6) is -0.879. The Morgan fingerprint density at radius 2 is 2.00 bits per heavy atom. The van der Waals surface area contributed by atoms with Gasteiger partial charge in [-0.25, -0.2) is 4.79 Å². The lowest BCUT2D eigenvalue weighted by Gasteiger charge is -2.02. The number of fused-ring (bicyclic) bond motifs is 1. The number of allylic oxidation sites excluding steroid dienone is 1. The predicted molar refractivity (Wildman–Crippen MR) is 76.1 cm³/mol. The van der Waals surface area contributed by atoms with Crippen molar-refractivity contribution in [1.29, 1.82) is 0 Å². The highest BCUT2D eigenvalue weighted by Gasteiger charge is 1.97. The molecule has 0 bridgehead atoms. The van der Waals surface area contributed by atoms with E-state index in [9.17, 15) is 4.79 Å². The van der Waals surface area contributed by atoms with E-state index in [0.29, 0.717) is 0 Å². The van der Waals surface area contributed by atoms with Crippen LogP contribution in [0.15, 0.2) is 48.6 Å². The summed E-state index contributed by atoms with van der Waals surface area (Å²) >= 11 is 0. The molecule has 3 nitrogen and oxygen atoms in total. The van der Waals surface area contributed by atoms with Gasteiger partial charge in [0.25, 0.3) is 0 Å². The molecule has 1 heterocycles. The normalized spacial score (nSPS) is 11.2. The molecule has 0 aliphatic heterocycles. The molecule has 3 heteroatoms. The second kappa shape index (κ2) is 6.69. The van der Waals surface area contributed by atoms with E-state index in [-0.39, 0.29) is 0 Å². The van der Waals surface area contributed by atoms with Gasteiger partial charge in [0, 0.05) is 17.2 Å². The minimum atomic E-state index is -0.879. The van der Waals surface area contributed by atoms with Crippen LogP contribution in [0.5, 0.6) is 0 Å². The van der Waals surface area contributed by atoms with Gasteiger partial charge in [0.1, 0.15) is 0 Å². The molecule has 0 radical (unpaired) electrons. The van der Waals surface area contributed by atoms with Crippen molar-refractivity contribution in [3.8, 4) is 0 Å². The Morgan fingerprint density at radius 1 is 1.16 bits per heavy atom. The van der Waals surface area contributed by atoms with Crippen LogP contribution in [-0.4, -0.2) is 16.1 Å². The second-order valence-electron chi connectivity index (χ2n) is 4.48. The molecule has 1 aromatic carbocycles. The zero-order valence-corrected chi connectivity index (χ0v) is 10.7. The molecule has 19 heavy (non-hydrogen) atoms. The van der Waals surface area contributed by atoms with Gasteiger partial charge >= 0.3 is 5.97 Å². The predicted octanol–water partition coefficient (Wildman–Crippen LogP) is 3.59. The van der Waals surface area contributed by atoms with Crippen LogP contribution in [0, 0.1) is 0 Å². The van der Waals surface area contributed by atoms with Crippen molar-refractivity contribution < 1.29 is 9.90 Å². The molecule has 0 fully saturated rings. The van der Waals surface area contributed by atoms with Crippen molar-refractivity contribution in [2.75, 3.05) is 0 Å². The van der Waals surface area contributed by atoms with E-state index in [2.05, 4.69) is 23.2 Å². The quantitative estimate of drug-likeness (QED) is 0.634. The summed E-state index contributed by atoms with van der Waals surface area (Å²) in [6.45, 7) is 0. The van der Waals surface area contributed by atoms with Crippen molar-refractivity contribution in [3.05, 3.63) is 54.2 Å². The van der Waals surface area contributed by atoms with E-state index in [4.69, 9.17) is 5.11 Å². The molecule has 98 valence electrons. The van der Waals surface area contributed by atoms with Gasteiger partial charge in [-0.2, -0.15) is 0 Å². The summed E-state index contributed by atoms with van der Waals surface area (Å²) in [7, 11) is 0. The van der Waals surface area contributed by atoms with Gasteiger partial charge in [0.2, 0.25) is 0 Å². The fraction of sp³-hybridized carbons (Fsp3) is 0.250. The summed E-state index contributed by atoms with van der Waals surface area (Å²) in [5.41, 5.74) is 2.13. The molecule has 0 aliphatic rings. The molecule has 0 amide bonds. The molecule has 0 saturated carbocycles. The fourth-order valence-electron chi connectivity index (χ4n) is 2.00. The maximum Gasteiger partial charge on any atom is 0.327 e. The Hall–Kier alpha value is -2.16. The van der Waals surface area contributed by atoms with Crippen molar-refractivity contribution in [1.82, 2.24) is 4.98 Å². The van der Waals surface area contributed by atoms with Crippen LogP contribution < -0.4 is 0 Å². The first-order valence-electron chi connectivity index (χ1n) is 6.50. The van der Waals surface area contributed by atoms with Gasteiger partial charge in [0.05, 0.1) is 5.52 Å². The average Bonchev–Trinajstić information content (AvgIpc) is 2.42. The number of aryl methyl sites for hydroxylation is 1. The van der Waals surface area contributed by atoms with Crippen LogP contribution in [0.3, 0.4) is 0 Å². The molecule has 0 atom stereocenters. The number of benzene rings is 1. The van der Waals surface area contributed by atoms with Crippen molar-refractivity contribution in [2.24, 2.45) is 0 Å². The molecule has 1 N–H and O–H groups in total. The maximum absolute atomic E-state index is 10.3. The van der Waals surface area contributed by atoms with Gasteiger partial charge in [-0.1, -0.05) is 30.3 Å². The lowest BCUT2D eigenvalue weighted by Crippen LogP contribution is -1.91. The molecule has 2 rings (SSSR count). The van der Waals surface area contributed by atoms with Gasteiger partial charge in [-0.3, -0.25) is 4.98 Å².